The van der Waals surface area contributed by atoms with Crippen LogP contribution in [-0.2, 0) is 4.79 Å². The van der Waals surface area contributed by atoms with Crippen molar-refractivity contribution in [3.63, 3.8) is 0 Å². The Morgan fingerprint density at radius 1 is 1.37 bits per heavy atom. The van der Waals surface area contributed by atoms with E-state index >= 15 is 0 Å². The fraction of sp³-hybridized carbons (Fsp3) is 0.933. The van der Waals surface area contributed by atoms with Gasteiger partial charge in [-0.15, -0.1) is 0 Å². The van der Waals surface area contributed by atoms with E-state index in [0.717, 1.165) is 19.0 Å². The molecule has 0 aromatic carbocycles. The molecule has 0 aromatic rings. The van der Waals surface area contributed by atoms with E-state index in [0.29, 0.717) is 30.8 Å². The highest BCUT2D eigenvalue weighted by atomic mass is 16.1. The van der Waals surface area contributed by atoms with Crippen molar-refractivity contribution in [3.8, 4) is 0 Å². The van der Waals surface area contributed by atoms with Crippen molar-refractivity contribution in [2.24, 2.45) is 17.6 Å². The van der Waals surface area contributed by atoms with Crippen LogP contribution >= 0.6 is 0 Å². The number of likely N-dealkylation sites (N-methyl/N-ethyl adjacent to an activating group) is 1. The molecule has 0 radical (unpaired) electrons. The summed E-state index contributed by atoms with van der Waals surface area (Å²) in [4.78, 5) is 14.3. The van der Waals surface area contributed by atoms with Gasteiger partial charge in [-0.25, -0.2) is 0 Å². The number of nitrogens with two attached hydrogens (primary N) is 1. The highest BCUT2D eigenvalue weighted by Gasteiger charge is 2.29. The van der Waals surface area contributed by atoms with Gasteiger partial charge in [0, 0.05) is 25.0 Å². The predicted octanol–water partition coefficient (Wildman–Crippen LogP) is 1.60. The van der Waals surface area contributed by atoms with Crippen LogP contribution in [0.1, 0.15) is 46.5 Å². The maximum Gasteiger partial charge on any atom is 0.220 e. The number of amides is 1. The van der Waals surface area contributed by atoms with Crippen molar-refractivity contribution in [3.05, 3.63) is 0 Å². The molecule has 1 amide bonds. The van der Waals surface area contributed by atoms with Gasteiger partial charge in [0.2, 0.25) is 5.91 Å². The zero-order chi connectivity index (χ0) is 14.4. The topological polar surface area (TPSA) is 58.4 Å². The van der Waals surface area contributed by atoms with Gasteiger partial charge >= 0.3 is 0 Å². The van der Waals surface area contributed by atoms with Crippen LogP contribution in [0.3, 0.4) is 0 Å². The summed E-state index contributed by atoms with van der Waals surface area (Å²) < 4.78 is 0. The lowest BCUT2D eigenvalue weighted by Crippen LogP contribution is -2.41. The number of rotatable bonds is 9. The molecule has 0 aromatic heterocycles. The smallest absolute Gasteiger partial charge is 0.220 e. The van der Waals surface area contributed by atoms with Gasteiger partial charge in [0.15, 0.2) is 0 Å². The fourth-order valence-electron chi connectivity index (χ4n) is 2.51. The molecule has 1 saturated carbocycles. The maximum absolute atomic E-state index is 11.9. The van der Waals surface area contributed by atoms with E-state index in [1.54, 1.807) is 0 Å². The number of nitrogens with zero attached hydrogens (tertiary/aromatic N) is 1. The van der Waals surface area contributed by atoms with Crippen LogP contribution in [0.2, 0.25) is 0 Å². The van der Waals surface area contributed by atoms with E-state index in [1.165, 1.54) is 12.8 Å². The summed E-state index contributed by atoms with van der Waals surface area (Å²) >= 11 is 0. The van der Waals surface area contributed by atoms with Crippen molar-refractivity contribution in [2.45, 2.75) is 58.5 Å². The lowest BCUT2D eigenvalue weighted by molar-refractivity contribution is -0.122. The molecule has 1 aliphatic rings. The summed E-state index contributed by atoms with van der Waals surface area (Å²) in [6, 6.07) is 1.16. The molecule has 0 bridgehead atoms. The molecule has 1 unspecified atom stereocenters. The van der Waals surface area contributed by atoms with Crippen LogP contribution in [0.5, 0.6) is 0 Å². The van der Waals surface area contributed by atoms with E-state index in [2.05, 4.69) is 38.0 Å². The highest BCUT2D eigenvalue weighted by Crippen LogP contribution is 2.26. The summed E-state index contributed by atoms with van der Waals surface area (Å²) in [5.74, 6) is 1.06. The Bertz CT molecular complexity index is 277. The van der Waals surface area contributed by atoms with Crippen LogP contribution in [0, 0.1) is 11.8 Å². The van der Waals surface area contributed by atoms with Crippen LogP contribution in [-0.4, -0.2) is 43.0 Å². The second-order valence-electron chi connectivity index (χ2n) is 6.49. The Morgan fingerprint density at radius 3 is 2.47 bits per heavy atom. The fourth-order valence-corrected chi connectivity index (χ4v) is 2.51. The first-order chi connectivity index (χ1) is 8.93. The maximum atomic E-state index is 11.9. The standard InChI is InChI=1S/C15H31N3O/c1-11(2)7-13(9-16)8-15(19)17-10-12(3)18(4)14-5-6-14/h11-14H,5-10,16H2,1-4H3,(H,17,19)/t12?,13-/m0/s1. The van der Waals surface area contributed by atoms with E-state index in [-0.39, 0.29) is 5.91 Å². The molecule has 2 atom stereocenters. The molecule has 3 N–H and O–H groups in total. The minimum atomic E-state index is 0.146. The van der Waals surface area contributed by atoms with Crippen molar-refractivity contribution >= 4 is 5.91 Å². The normalized spacial score (nSPS) is 18.7. The largest absolute Gasteiger partial charge is 0.355 e. The minimum Gasteiger partial charge on any atom is -0.355 e. The van der Waals surface area contributed by atoms with Gasteiger partial charge < -0.3 is 11.1 Å². The molecule has 4 nitrogen and oxygen atoms in total. The third-order valence-electron chi connectivity index (χ3n) is 4.02. The van der Waals surface area contributed by atoms with E-state index < -0.39 is 0 Å². The van der Waals surface area contributed by atoms with Gasteiger partial charge in [0.1, 0.15) is 0 Å². The second-order valence-corrected chi connectivity index (χ2v) is 6.49. The molecule has 4 heteroatoms. The van der Waals surface area contributed by atoms with Gasteiger partial charge in [0.25, 0.3) is 0 Å². The van der Waals surface area contributed by atoms with Crippen molar-refractivity contribution < 1.29 is 4.79 Å². The Balaban J connectivity index is 2.22. The molecular weight excluding hydrogens is 238 g/mol. The van der Waals surface area contributed by atoms with Gasteiger partial charge in [-0.3, -0.25) is 9.69 Å². The minimum absolute atomic E-state index is 0.146. The van der Waals surface area contributed by atoms with Crippen molar-refractivity contribution in [1.82, 2.24) is 10.2 Å². The first-order valence-electron chi connectivity index (χ1n) is 7.62. The van der Waals surface area contributed by atoms with Crippen LogP contribution in [0.15, 0.2) is 0 Å². The number of carbonyl (C=O) groups excluding carboxylic acids is 1. The second kappa shape index (κ2) is 7.85. The molecule has 0 aliphatic heterocycles. The monoisotopic (exact) mass is 269 g/mol. The molecule has 0 saturated heterocycles. The number of carbonyl (C=O) groups is 1. The third-order valence-corrected chi connectivity index (χ3v) is 4.02. The van der Waals surface area contributed by atoms with Crippen LogP contribution in [0.4, 0.5) is 0 Å². The van der Waals surface area contributed by atoms with Crippen LogP contribution in [0.25, 0.3) is 0 Å². The summed E-state index contributed by atoms with van der Waals surface area (Å²) in [6.45, 7) is 7.86. The quantitative estimate of drug-likeness (QED) is 0.668. The molecule has 19 heavy (non-hydrogen) atoms. The molecule has 1 fully saturated rings. The molecule has 0 spiro atoms. The van der Waals surface area contributed by atoms with E-state index in [1.807, 2.05) is 0 Å². The predicted molar refractivity (Wildman–Crippen MR) is 79.9 cm³/mol. The Hall–Kier alpha value is -0.610. The molecule has 112 valence electrons. The molecule has 1 aliphatic carbocycles. The summed E-state index contributed by atoms with van der Waals surface area (Å²) in [7, 11) is 2.15. The van der Waals surface area contributed by atoms with Gasteiger partial charge in [0.05, 0.1) is 0 Å². The highest BCUT2D eigenvalue weighted by molar-refractivity contribution is 5.76. The Morgan fingerprint density at radius 2 is 2.00 bits per heavy atom. The SMILES string of the molecule is CC(C)C[C@H](CN)CC(=O)NCC(C)N(C)C1CC1. The summed E-state index contributed by atoms with van der Waals surface area (Å²) in [5, 5.41) is 3.05. The lowest BCUT2D eigenvalue weighted by atomic mass is 9.94. The Kier molecular flexibility index (Phi) is 6.80. The zero-order valence-electron chi connectivity index (χ0n) is 13.0. The lowest BCUT2D eigenvalue weighted by Gasteiger charge is -2.25. The summed E-state index contributed by atoms with van der Waals surface area (Å²) in [6.07, 6.45) is 4.20. The summed E-state index contributed by atoms with van der Waals surface area (Å²) in [5.41, 5.74) is 5.73. The molecule has 1 rings (SSSR count). The molecular formula is C15H31N3O. The van der Waals surface area contributed by atoms with Gasteiger partial charge in [-0.1, -0.05) is 13.8 Å². The average Bonchev–Trinajstić information content (AvgIpc) is 3.17. The number of hydrogen-bond acceptors (Lipinski definition) is 3. The van der Waals surface area contributed by atoms with Crippen molar-refractivity contribution in [2.75, 3.05) is 20.1 Å². The number of nitrogens with one attached hydrogen (secondary N) is 1. The van der Waals surface area contributed by atoms with Crippen LogP contribution < -0.4 is 11.1 Å². The molecule has 0 heterocycles. The third kappa shape index (κ3) is 6.39. The Labute approximate surface area is 118 Å². The average molecular weight is 269 g/mol. The first kappa shape index (κ1) is 16.4. The van der Waals surface area contributed by atoms with Gasteiger partial charge in [-0.2, -0.15) is 0 Å². The first-order valence-corrected chi connectivity index (χ1v) is 7.62. The van der Waals surface area contributed by atoms with Crippen molar-refractivity contribution in [1.29, 1.82) is 0 Å². The van der Waals surface area contributed by atoms with E-state index in [9.17, 15) is 4.79 Å². The van der Waals surface area contributed by atoms with E-state index in [4.69, 9.17) is 5.73 Å². The zero-order valence-corrected chi connectivity index (χ0v) is 13.0. The van der Waals surface area contributed by atoms with Gasteiger partial charge in [-0.05, 0) is 51.6 Å². The number of hydrogen-bond donors (Lipinski definition) is 2.